The van der Waals surface area contributed by atoms with E-state index in [9.17, 15) is 0 Å². The summed E-state index contributed by atoms with van der Waals surface area (Å²) in [4.78, 5) is 13.2. The van der Waals surface area contributed by atoms with Crippen LogP contribution in [0.3, 0.4) is 0 Å². The summed E-state index contributed by atoms with van der Waals surface area (Å²) in [7, 11) is 0. The molecule has 0 aromatic rings. The Balaban J connectivity index is 2.68. The van der Waals surface area contributed by atoms with Gasteiger partial charge in [-0.15, -0.1) is 0 Å². The van der Waals surface area contributed by atoms with E-state index in [4.69, 9.17) is 0 Å². The van der Waals surface area contributed by atoms with Gasteiger partial charge in [-0.2, -0.15) is 0 Å². The fourth-order valence-corrected chi connectivity index (χ4v) is 4.02. The van der Waals surface area contributed by atoms with Gasteiger partial charge in [0.2, 0.25) is 0 Å². The summed E-state index contributed by atoms with van der Waals surface area (Å²) in [5, 5.41) is 0. The van der Waals surface area contributed by atoms with Gasteiger partial charge in [-0.25, -0.2) is 0 Å². The quantitative estimate of drug-likeness (QED) is 0.722. The molecule has 0 N–H and O–H groups in total. The molecule has 5 heteroatoms. The van der Waals surface area contributed by atoms with Gasteiger partial charge in [-0.1, -0.05) is 34.6 Å². The highest BCUT2D eigenvalue weighted by molar-refractivity contribution is 4.68. The summed E-state index contributed by atoms with van der Waals surface area (Å²) >= 11 is 0. The van der Waals surface area contributed by atoms with Crippen LogP contribution in [-0.4, -0.2) is 123 Å². The van der Waals surface area contributed by atoms with E-state index >= 15 is 0 Å². The fourth-order valence-electron chi connectivity index (χ4n) is 4.02. The van der Waals surface area contributed by atoms with E-state index in [1.54, 1.807) is 0 Å². The zero-order valence-corrected chi connectivity index (χ0v) is 19.3. The van der Waals surface area contributed by atoms with Gasteiger partial charge in [-0.3, -0.25) is 0 Å². The minimum Gasteiger partial charge on any atom is -0.302 e. The number of hydrogen-bond acceptors (Lipinski definition) is 5. The molecule has 1 heterocycles. The lowest BCUT2D eigenvalue weighted by molar-refractivity contribution is 0.180. The van der Waals surface area contributed by atoms with Gasteiger partial charge in [0.1, 0.15) is 0 Å². The molecule has 0 radical (unpaired) electrons. The van der Waals surface area contributed by atoms with Crippen LogP contribution in [0.25, 0.3) is 0 Å². The average Bonchev–Trinajstić information content (AvgIpc) is 2.70. The van der Waals surface area contributed by atoms with Crippen molar-refractivity contribution in [3.8, 4) is 0 Å². The predicted molar refractivity (Wildman–Crippen MR) is 120 cm³/mol. The molecule has 1 aliphatic rings. The first-order valence-corrected chi connectivity index (χ1v) is 11.8. The first-order valence-electron chi connectivity index (χ1n) is 11.8. The third-order valence-corrected chi connectivity index (χ3v) is 6.33. The van der Waals surface area contributed by atoms with Crippen LogP contribution < -0.4 is 0 Å². The van der Waals surface area contributed by atoms with E-state index in [-0.39, 0.29) is 0 Å². The highest BCUT2D eigenvalue weighted by Crippen LogP contribution is 2.02. The van der Waals surface area contributed by atoms with Crippen LogP contribution in [0, 0.1) is 0 Å². The van der Waals surface area contributed by atoms with Gasteiger partial charge >= 0.3 is 0 Å². The largest absolute Gasteiger partial charge is 0.302 e. The van der Waals surface area contributed by atoms with Crippen molar-refractivity contribution in [1.29, 1.82) is 0 Å². The van der Waals surface area contributed by atoms with Gasteiger partial charge in [0.25, 0.3) is 0 Å². The van der Waals surface area contributed by atoms with E-state index < -0.39 is 0 Å². The number of likely N-dealkylation sites (N-methyl/N-ethyl adjacent to an activating group) is 5. The third kappa shape index (κ3) is 10.8. The van der Waals surface area contributed by atoms with E-state index in [1.807, 2.05) is 0 Å². The Morgan fingerprint density at radius 2 is 0.519 bits per heavy atom. The Labute approximate surface area is 170 Å². The third-order valence-electron chi connectivity index (χ3n) is 6.33. The smallest absolute Gasteiger partial charge is 0.0110 e. The molecule has 0 aromatic carbocycles. The second-order valence-electron chi connectivity index (χ2n) is 7.88. The molecule has 27 heavy (non-hydrogen) atoms. The molecule has 1 aliphatic heterocycles. The molecule has 1 saturated heterocycles. The highest BCUT2D eigenvalue weighted by Gasteiger charge is 2.12. The standard InChI is InChI=1S/C22H49N5/c1-6-23-13-11-15-25(8-3)19-21-27(10-5)22-20-26(9-4)16-12-14-24(7-2)18-17-23/h6-22H2,1-5H3. The van der Waals surface area contributed by atoms with Crippen molar-refractivity contribution in [3.05, 3.63) is 0 Å². The number of hydrogen-bond donors (Lipinski definition) is 0. The summed E-state index contributed by atoms with van der Waals surface area (Å²) < 4.78 is 0. The maximum Gasteiger partial charge on any atom is 0.0110 e. The molecule has 0 unspecified atom stereocenters. The lowest BCUT2D eigenvalue weighted by Gasteiger charge is -2.29. The Bertz CT molecular complexity index is 309. The van der Waals surface area contributed by atoms with Crippen LogP contribution in [0.4, 0.5) is 0 Å². The number of nitrogens with zero attached hydrogens (tertiary/aromatic N) is 5. The first kappa shape index (κ1) is 24.8. The molecule has 5 nitrogen and oxygen atoms in total. The van der Waals surface area contributed by atoms with Crippen molar-refractivity contribution >= 4 is 0 Å². The van der Waals surface area contributed by atoms with Gasteiger partial charge in [0.15, 0.2) is 0 Å². The summed E-state index contributed by atoms with van der Waals surface area (Å²) in [6.45, 7) is 29.7. The minimum absolute atomic E-state index is 1.17. The van der Waals surface area contributed by atoms with Gasteiger partial charge in [-0.05, 0) is 71.7 Å². The summed E-state index contributed by atoms with van der Waals surface area (Å²) in [6.07, 6.45) is 2.59. The topological polar surface area (TPSA) is 16.2 Å². The average molecular weight is 384 g/mol. The monoisotopic (exact) mass is 383 g/mol. The number of rotatable bonds is 5. The molecule has 0 amide bonds. The van der Waals surface area contributed by atoms with E-state index in [0.717, 1.165) is 0 Å². The van der Waals surface area contributed by atoms with Crippen molar-refractivity contribution in [2.45, 2.75) is 47.5 Å². The first-order chi connectivity index (χ1) is 13.2. The predicted octanol–water partition coefficient (Wildman–Crippen LogP) is 2.39. The molecular formula is C22H49N5. The molecule has 0 aromatic heterocycles. The minimum atomic E-state index is 1.17. The normalized spacial score (nSPS) is 23.4. The molecule has 0 saturated carbocycles. The van der Waals surface area contributed by atoms with Crippen molar-refractivity contribution in [1.82, 2.24) is 24.5 Å². The second kappa shape index (κ2) is 15.7. The van der Waals surface area contributed by atoms with E-state index in [2.05, 4.69) is 59.1 Å². The lowest BCUT2D eigenvalue weighted by atomic mass is 10.3. The highest BCUT2D eigenvalue weighted by atomic mass is 15.2. The van der Waals surface area contributed by atoms with Crippen LogP contribution in [0.5, 0.6) is 0 Å². The Morgan fingerprint density at radius 1 is 0.333 bits per heavy atom. The van der Waals surface area contributed by atoms with Crippen LogP contribution in [0.15, 0.2) is 0 Å². The van der Waals surface area contributed by atoms with Crippen molar-refractivity contribution in [3.63, 3.8) is 0 Å². The van der Waals surface area contributed by atoms with Crippen molar-refractivity contribution < 1.29 is 0 Å². The molecule has 0 bridgehead atoms. The zero-order valence-electron chi connectivity index (χ0n) is 19.3. The van der Waals surface area contributed by atoms with E-state index in [0.29, 0.717) is 0 Å². The lowest BCUT2D eigenvalue weighted by Crippen LogP contribution is -2.40. The Morgan fingerprint density at radius 3 is 0.704 bits per heavy atom. The summed E-state index contributed by atoms with van der Waals surface area (Å²) in [5.41, 5.74) is 0. The Hall–Kier alpha value is -0.200. The molecule has 162 valence electrons. The molecule has 0 aliphatic carbocycles. The second-order valence-corrected chi connectivity index (χ2v) is 7.88. The van der Waals surface area contributed by atoms with Crippen molar-refractivity contribution in [2.75, 3.05) is 98.2 Å². The van der Waals surface area contributed by atoms with Crippen LogP contribution in [0.1, 0.15) is 47.5 Å². The van der Waals surface area contributed by atoms with E-state index in [1.165, 1.54) is 111 Å². The molecule has 0 spiro atoms. The summed E-state index contributed by atoms with van der Waals surface area (Å²) in [5.74, 6) is 0. The van der Waals surface area contributed by atoms with Gasteiger partial charge < -0.3 is 24.5 Å². The van der Waals surface area contributed by atoms with Gasteiger partial charge in [0.05, 0.1) is 0 Å². The fraction of sp³-hybridized carbons (Fsp3) is 1.00. The Kier molecular flexibility index (Phi) is 14.4. The maximum absolute atomic E-state index is 2.64. The van der Waals surface area contributed by atoms with Crippen molar-refractivity contribution in [2.24, 2.45) is 0 Å². The van der Waals surface area contributed by atoms with Gasteiger partial charge in [0, 0.05) is 39.3 Å². The summed E-state index contributed by atoms with van der Waals surface area (Å²) in [6, 6.07) is 0. The maximum atomic E-state index is 2.64. The molecular weight excluding hydrogens is 334 g/mol. The van der Waals surface area contributed by atoms with Crippen LogP contribution in [0.2, 0.25) is 0 Å². The van der Waals surface area contributed by atoms with Crippen LogP contribution in [-0.2, 0) is 0 Å². The SMILES string of the molecule is CCN1CCCN(CC)CCN(CC)CCN(CC)CCCN(CC)CC1. The molecule has 0 atom stereocenters. The molecule has 1 rings (SSSR count). The van der Waals surface area contributed by atoms with Crippen LogP contribution >= 0.6 is 0 Å². The molecule has 1 fully saturated rings. The zero-order chi connectivity index (χ0) is 19.9.